The molecule has 0 saturated carbocycles. The minimum Gasteiger partial charge on any atom is -0.360 e. The molecule has 1 amide bonds. The molecule has 1 fully saturated rings. The van der Waals surface area contributed by atoms with Gasteiger partial charge >= 0.3 is 0 Å². The Bertz CT molecular complexity index is 876. The van der Waals surface area contributed by atoms with Crippen molar-refractivity contribution in [3.63, 3.8) is 0 Å². The number of nitrogens with zero attached hydrogens (tertiary/aromatic N) is 2. The summed E-state index contributed by atoms with van der Waals surface area (Å²) in [5, 5.41) is 0. The molecule has 0 N–H and O–H groups in total. The highest BCUT2D eigenvalue weighted by atomic mass is 32.2. The van der Waals surface area contributed by atoms with E-state index in [4.69, 9.17) is 0 Å². The fourth-order valence-corrected chi connectivity index (χ4v) is 3.66. The molecular weight excluding hydrogens is 336 g/mol. The van der Waals surface area contributed by atoms with Crippen LogP contribution in [0.5, 0.6) is 0 Å². The number of sulfone groups is 1. The van der Waals surface area contributed by atoms with E-state index >= 15 is 0 Å². The van der Waals surface area contributed by atoms with Crippen LogP contribution in [0.2, 0.25) is 0 Å². The zero-order chi connectivity index (χ0) is 18.0. The Morgan fingerprint density at radius 2 is 1.76 bits per heavy atom. The quantitative estimate of drug-likeness (QED) is 0.841. The van der Waals surface area contributed by atoms with Crippen molar-refractivity contribution in [1.29, 1.82) is 0 Å². The number of carbonyl (C=O) groups excluding carboxylic acids is 1. The van der Waals surface area contributed by atoms with Crippen LogP contribution in [0.25, 0.3) is 0 Å². The third kappa shape index (κ3) is 4.20. The lowest BCUT2D eigenvalue weighted by atomic mass is 10.1. The topological polar surface area (TPSA) is 57.7 Å². The maximum absolute atomic E-state index is 12.5. The summed E-state index contributed by atoms with van der Waals surface area (Å²) in [5.74, 6) is 0.0833. The summed E-state index contributed by atoms with van der Waals surface area (Å²) < 4.78 is 23.1. The summed E-state index contributed by atoms with van der Waals surface area (Å²) in [6, 6.07) is 14.9. The average molecular weight is 358 g/mol. The van der Waals surface area contributed by atoms with E-state index in [-0.39, 0.29) is 5.91 Å². The fourth-order valence-electron chi connectivity index (χ4n) is 3.03. The Hall–Kier alpha value is -2.34. The van der Waals surface area contributed by atoms with Gasteiger partial charge in [0.15, 0.2) is 9.84 Å². The third-order valence-electron chi connectivity index (χ3n) is 4.40. The molecule has 0 unspecified atom stereocenters. The maximum atomic E-state index is 12.5. The number of piperazine rings is 1. The molecule has 0 radical (unpaired) electrons. The van der Waals surface area contributed by atoms with Gasteiger partial charge in [-0.2, -0.15) is 0 Å². The van der Waals surface area contributed by atoms with Crippen molar-refractivity contribution in [3.8, 4) is 0 Å². The summed E-state index contributed by atoms with van der Waals surface area (Å²) in [6.45, 7) is 4.37. The van der Waals surface area contributed by atoms with Gasteiger partial charge in [0, 0.05) is 31.6 Å². The molecule has 0 aromatic heterocycles. The molecule has 0 aliphatic carbocycles. The SMILES string of the molecule is Cc1cccc(CN2CCN(c3ccc(S(C)(=O)=O)cc3)CC2=O)c1. The number of hydrogen-bond acceptors (Lipinski definition) is 4. The molecule has 5 nitrogen and oxygen atoms in total. The highest BCUT2D eigenvalue weighted by Gasteiger charge is 2.24. The van der Waals surface area contributed by atoms with Crippen molar-refractivity contribution in [2.75, 3.05) is 30.8 Å². The minimum absolute atomic E-state index is 0.0833. The fraction of sp³-hybridized carbons (Fsp3) is 0.316. The van der Waals surface area contributed by atoms with Gasteiger partial charge in [0.1, 0.15) is 0 Å². The van der Waals surface area contributed by atoms with Gasteiger partial charge in [-0.05, 0) is 36.8 Å². The van der Waals surface area contributed by atoms with Gasteiger partial charge in [-0.3, -0.25) is 4.79 Å². The van der Waals surface area contributed by atoms with Crippen molar-refractivity contribution in [2.45, 2.75) is 18.4 Å². The highest BCUT2D eigenvalue weighted by Crippen LogP contribution is 2.20. The normalized spacial score (nSPS) is 15.5. The Morgan fingerprint density at radius 3 is 2.36 bits per heavy atom. The van der Waals surface area contributed by atoms with Crippen molar-refractivity contribution in [2.24, 2.45) is 0 Å². The molecule has 1 heterocycles. The van der Waals surface area contributed by atoms with Crippen LogP contribution >= 0.6 is 0 Å². The van der Waals surface area contributed by atoms with E-state index in [1.54, 1.807) is 24.3 Å². The first-order valence-electron chi connectivity index (χ1n) is 8.21. The van der Waals surface area contributed by atoms with Crippen LogP contribution < -0.4 is 4.90 Å². The summed E-state index contributed by atoms with van der Waals surface area (Å²) in [4.78, 5) is 16.6. The number of carbonyl (C=O) groups is 1. The van der Waals surface area contributed by atoms with Crippen molar-refractivity contribution < 1.29 is 13.2 Å². The molecule has 2 aromatic carbocycles. The van der Waals surface area contributed by atoms with E-state index < -0.39 is 9.84 Å². The predicted molar refractivity (Wildman–Crippen MR) is 98.4 cm³/mol. The zero-order valence-electron chi connectivity index (χ0n) is 14.5. The van der Waals surface area contributed by atoms with Gasteiger partial charge < -0.3 is 9.80 Å². The number of aryl methyl sites for hydroxylation is 1. The summed E-state index contributed by atoms with van der Waals surface area (Å²) in [5.41, 5.74) is 3.20. The summed E-state index contributed by atoms with van der Waals surface area (Å²) >= 11 is 0. The maximum Gasteiger partial charge on any atom is 0.242 e. The van der Waals surface area contributed by atoms with Gasteiger partial charge in [-0.15, -0.1) is 0 Å². The van der Waals surface area contributed by atoms with Crippen LogP contribution in [0.3, 0.4) is 0 Å². The lowest BCUT2D eigenvalue weighted by Crippen LogP contribution is -2.50. The Labute approximate surface area is 148 Å². The van der Waals surface area contributed by atoms with E-state index in [0.717, 1.165) is 17.8 Å². The van der Waals surface area contributed by atoms with E-state index in [1.165, 1.54) is 11.8 Å². The molecule has 1 aliphatic heterocycles. The Kier molecular flexibility index (Phi) is 4.81. The number of anilines is 1. The monoisotopic (exact) mass is 358 g/mol. The Morgan fingerprint density at radius 1 is 1.04 bits per heavy atom. The standard InChI is InChI=1S/C19H22N2O3S/c1-15-4-3-5-16(12-15)13-21-11-10-20(14-19(21)22)17-6-8-18(9-7-17)25(2,23)24/h3-9,12H,10-11,13-14H2,1-2H3. The number of rotatable bonds is 4. The lowest BCUT2D eigenvalue weighted by Gasteiger charge is -2.35. The van der Waals surface area contributed by atoms with Crippen LogP contribution in [0, 0.1) is 6.92 Å². The lowest BCUT2D eigenvalue weighted by molar-refractivity contribution is -0.131. The molecule has 3 rings (SSSR count). The van der Waals surface area contributed by atoms with Crippen LogP contribution in [0.1, 0.15) is 11.1 Å². The summed E-state index contributed by atoms with van der Waals surface area (Å²) in [6.07, 6.45) is 1.19. The number of hydrogen-bond donors (Lipinski definition) is 0. The Balaban J connectivity index is 1.66. The highest BCUT2D eigenvalue weighted by molar-refractivity contribution is 7.90. The second-order valence-electron chi connectivity index (χ2n) is 6.49. The molecular formula is C19H22N2O3S. The summed E-state index contributed by atoms with van der Waals surface area (Å²) in [7, 11) is -3.20. The van der Waals surface area contributed by atoms with E-state index in [9.17, 15) is 13.2 Å². The molecule has 1 aliphatic rings. The first kappa shape index (κ1) is 17.5. The molecule has 132 valence electrons. The minimum atomic E-state index is -3.20. The van der Waals surface area contributed by atoms with Gasteiger partial charge in [0.25, 0.3) is 0 Å². The average Bonchev–Trinajstić information content (AvgIpc) is 2.56. The van der Waals surface area contributed by atoms with E-state index in [0.29, 0.717) is 24.5 Å². The molecule has 25 heavy (non-hydrogen) atoms. The largest absolute Gasteiger partial charge is 0.360 e. The van der Waals surface area contributed by atoms with Crippen LogP contribution in [-0.4, -0.2) is 45.1 Å². The molecule has 6 heteroatoms. The first-order chi connectivity index (χ1) is 11.8. The van der Waals surface area contributed by atoms with E-state index in [2.05, 4.69) is 6.07 Å². The second-order valence-corrected chi connectivity index (χ2v) is 8.51. The molecule has 0 bridgehead atoms. The smallest absolute Gasteiger partial charge is 0.242 e. The van der Waals surface area contributed by atoms with Gasteiger partial charge in [-0.1, -0.05) is 29.8 Å². The van der Waals surface area contributed by atoms with Gasteiger partial charge in [-0.25, -0.2) is 8.42 Å². The zero-order valence-corrected chi connectivity index (χ0v) is 15.3. The van der Waals surface area contributed by atoms with Gasteiger partial charge in [0.2, 0.25) is 5.91 Å². The van der Waals surface area contributed by atoms with Crippen molar-refractivity contribution in [3.05, 3.63) is 59.7 Å². The van der Waals surface area contributed by atoms with Crippen molar-refractivity contribution >= 4 is 21.4 Å². The third-order valence-corrected chi connectivity index (χ3v) is 5.53. The predicted octanol–water partition coefficient (Wildman–Crippen LogP) is 2.25. The van der Waals surface area contributed by atoms with Crippen LogP contribution in [-0.2, 0) is 21.2 Å². The molecule has 2 aromatic rings. The first-order valence-corrected chi connectivity index (χ1v) is 10.1. The number of benzene rings is 2. The molecule has 0 atom stereocenters. The van der Waals surface area contributed by atoms with Crippen molar-refractivity contribution in [1.82, 2.24) is 4.90 Å². The van der Waals surface area contributed by atoms with Crippen LogP contribution in [0.4, 0.5) is 5.69 Å². The molecule has 1 saturated heterocycles. The second kappa shape index (κ2) is 6.88. The van der Waals surface area contributed by atoms with Gasteiger partial charge in [0.05, 0.1) is 11.4 Å². The van der Waals surface area contributed by atoms with Crippen LogP contribution in [0.15, 0.2) is 53.4 Å². The number of amides is 1. The van der Waals surface area contributed by atoms with E-state index in [1.807, 2.05) is 34.9 Å². The molecule has 0 spiro atoms.